The van der Waals surface area contributed by atoms with Crippen molar-refractivity contribution in [2.75, 3.05) is 30.8 Å². The second kappa shape index (κ2) is 9.53. The second-order valence-electron chi connectivity index (χ2n) is 8.66. The van der Waals surface area contributed by atoms with Gasteiger partial charge in [0, 0.05) is 50.5 Å². The van der Waals surface area contributed by atoms with E-state index in [9.17, 15) is 13.2 Å². The molecule has 0 bridgehead atoms. The lowest BCUT2D eigenvalue weighted by molar-refractivity contribution is 0.0904. The predicted octanol–water partition coefficient (Wildman–Crippen LogP) is 3.62. The zero-order valence-electron chi connectivity index (χ0n) is 19.3. The molecule has 1 amide bonds. The van der Waals surface area contributed by atoms with Crippen LogP contribution in [0.5, 0.6) is 11.6 Å². The Morgan fingerprint density at radius 3 is 2.51 bits per heavy atom. The molecule has 3 aromatic rings. The van der Waals surface area contributed by atoms with Gasteiger partial charge in [-0.3, -0.25) is 0 Å². The third-order valence-electron chi connectivity index (χ3n) is 6.21. The normalized spacial score (nSPS) is 16.1. The molecule has 0 atom stereocenters. The Labute approximate surface area is 204 Å². The van der Waals surface area contributed by atoms with Gasteiger partial charge in [0.05, 0.1) is 4.90 Å². The molecule has 0 spiro atoms. The molecule has 0 aliphatic carbocycles. The number of aromatic nitrogens is 2. The van der Waals surface area contributed by atoms with Gasteiger partial charge in [0.25, 0.3) is 0 Å². The van der Waals surface area contributed by atoms with Crippen molar-refractivity contribution in [1.29, 1.82) is 0 Å². The molecule has 2 aliphatic heterocycles. The van der Waals surface area contributed by atoms with Crippen LogP contribution in [0.4, 0.5) is 16.3 Å². The van der Waals surface area contributed by atoms with Crippen LogP contribution >= 0.6 is 0 Å². The predicted molar refractivity (Wildman–Crippen MR) is 130 cm³/mol. The number of piperidine rings is 1. The molecular weight excluding hydrogens is 468 g/mol. The van der Waals surface area contributed by atoms with Crippen LogP contribution in [0.15, 0.2) is 65.8 Å². The van der Waals surface area contributed by atoms with Crippen LogP contribution in [0.25, 0.3) is 0 Å². The number of anilines is 2. The fourth-order valence-corrected chi connectivity index (χ4v) is 5.04. The fraction of sp³-hybridized carbons (Fsp3) is 0.320. The van der Waals surface area contributed by atoms with E-state index in [0.717, 1.165) is 17.7 Å². The number of rotatable bonds is 5. The topological polar surface area (TPSA) is 102 Å². The number of benzene rings is 2. The molecule has 0 unspecified atom stereocenters. The van der Waals surface area contributed by atoms with Gasteiger partial charge >= 0.3 is 6.09 Å². The van der Waals surface area contributed by atoms with Crippen LogP contribution in [0.3, 0.4) is 0 Å². The molecule has 2 aromatic carbocycles. The highest BCUT2D eigenvalue weighted by atomic mass is 32.2. The Morgan fingerprint density at radius 1 is 1.00 bits per heavy atom. The van der Waals surface area contributed by atoms with Crippen LogP contribution in [0, 0.1) is 0 Å². The average molecular weight is 495 g/mol. The van der Waals surface area contributed by atoms with Gasteiger partial charge in [0.1, 0.15) is 24.0 Å². The minimum Gasteiger partial charge on any atom is -0.474 e. The van der Waals surface area contributed by atoms with E-state index >= 15 is 0 Å². The lowest BCUT2D eigenvalue weighted by atomic mass is 10.1. The van der Waals surface area contributed by atoms with E-state index in [1.165, 1.54) is 12.6 Å². The van der Waals surface area contributed by atoms with Gasteiger partial charge < -0.3 is 19.3 Å². The molecule has 1 fully saturated rings. The third-order valence-corrected chi connectivity index (χ3v) is 7.32. The van der Waals surface area contributed by atoms with Crippen LogP contribution in [-0.2, 0) is 16.3 Å². The molecule has 9 nitrogen and oxygen atoms in total. The van der Waals surface area contributed by atoms with Crippen LogP contribution in [0.1, 0.15) is 18.4 Å². The van der Waals surface area contributed by atoms with E-state index in [4.69, 9.17) is 9.47 Å². The Balaban J connectivity index is 1.20. The third kappa shape index (κ3) is 5.22. The van der Waals surface area contributed by atoms with Gasteiger partial charge in [-0.05, 0) is 42.3 Å². The van der Waals surface area contributed by atoms with Crippen molar-refractivity contribution in [3.8, 4) is 11.6 Å². The molecule has 0 N–H and O–H groups in total. The maximum absolute atomic E-state index is 12.4. The molecule has 2 aliphatic rings. The number of fused-ring (bicyclic) bond motifs is 1. The highest BCUT2D eigenvalue weighted by Crippen LogP contribution is 2.35. The molecule has 5 rings (SSSR count). The molecule has 1 saturated heterocycles. The maximum atomic E-state index is 12.4. The number of carbonyl (C=O) groups is 1. The number of nitrogens with zero attached hydrogens (tertiary/aromatic N) is 4. The first kappa shape index (κ1) is 23.1. The lowest BCUT2D eigenvalue weighted by Crippen LogP contribution is -2.43. The Bertz CT molecular complexity index is 1320. The summed E-state index contributed by atoms with van der Waals surface area (Å²) in [5.41, 5.74) is 1.91. The summed E-state index contributed by atoms with van der Waals surface area (Å²) in [6.07, 6.45) is 4.34. The Kier molecular flexibility index (Phi) is 6.29. The van der Waals surface area contributed by atoms with E-state index < -0.39 is 9.84 Å². The van der Waals surface area contributed by atoms with Crippen LogP contribution < -0.4 is 14.4 Å². The van der Waals surface area contributed by atoms with Gasteiger partial charge in [0.2, 0.25) is 5.88 Å². The summed E-state index contributed by atoms with van der Waals surface area (Å²) in [4.78, 5) is 25.1. The number of hydrogen-bond acceptors (Lipinski definition) is 8. The number of carbonyl (C=O) groups excluding carboxylic acids is 1. The first-order valence-electron chi connectivity index (χ1n) is 11.5. The van der Waals surface area contributed by atoms with E-state index in [0.29, 0.717) is 54.8 Å². The monoisotopic (exact) mass is 494 g/mol. The van der Waals surface area contributed by atoms with Crippen molar-refractivity contribution < 1.29 is 22.7 Å². The summed E-state index contributed by atoms with van der Waals surface area (Å²) in [6, 6.07) is 16.0. The first-order valence-corrected chi connectivity index (χ1v) is 13.4. The number of hydrogen-bond donors (Lipinski definition) is 0. The van der Waals surface area contributed by atoms with Crippen molar-refractivity contribution in [2.45, 2.75) is 30.3 Å². The molecule has 0 radical (unpaired) electrons. The summed E-state index contributed by atoms with van der Waals surface area (Å²) in [6.45, 7) is 1.77. The van der Waals surface area contributed by atoms with Gasteiger partial charge in [-0.15, -0.1) is 0 Å². The first-order chi connectivity index (χ1) is 16.9. The van der Waals surface area contributed by atoms with Crippen molar-refractivity contribution in [1.82, 2.24) is 14.9 Å². The van der Waals surface area contributed by atoms with Crippen molar-refractivity contribution >= 4 is 27.4 Å². The number of para-hydroxylation sites is 1. The highest BCUT2D eigenvalue weighted by Gasteiger charge is 2.27. The quantitative estimate of drug-likeness (QED) is 0.530. The van der Waals surface area contributed by atoms with E-state index in [2.05, 4.69) is 9.97 Å². The molecule has 10 heteroatoms. The minimum absolute atomic E-state index is 0.0679. The Hall–Kier alpha value is -3.66. The molecule has 182 valence electrons. The number of ether oxygens (including phenoxy) is 2. The largest absolute Gasteiger partial charge is 0.474 e. The summed E-state index contributed by atoms with van der Waals surface area (Å²) < 4.78 is 35.3. The van der Waals surface area contributed by atoms with Crippen molar-refractivity contribution in [2.24, 2.45) is 0 Å². The SMILES string of the molecule is CS(=O)(=O)c1ccc2c(c1)CCN2c1cc(OC2CCN(C(=O)Oc3ccccc3)CC2)ncn1. The minimum atomic E-state index is -3.25. The second-order valence-corrected chi connectivity index (χ2v) is 10.7. The number of likely N-dealkylation sites (tertiary alicyclic amines) is 1. The van der Waals surface area contributed by atoms with E-state index in [-0.39, 0.29) is 12.2 Å². The zero-order chi connectivity index (χ0) is 24.4. The maximum Gasteiger partial charge on any atom is 0.415 e. The molecule has 1 aromatic heterocycles. The van der Waals surface area contributed by atoms with Gasteiger partial charge in [0.15, 0.2) is 9.84 Å². The highest BCUT2D eigenvalue weighted by molar-refractivity contribution is 7.90. The smallest absolute Gasteiger partial charge is 0.415 e. The van der Waals surface area contributed by atoms with Crippen molar-refractivity contribution in [3.63, 3.8) is 0 Å². The van der Waals surface area contributed by atoms with Gasteiger partial charge in [-0.1, -0.05) is 18.2 Å². The lowest BCUT2D eigenvalue weighted by Gasteiger charge is -2.31. The molecule has 0 saturated carbocycles. The summed E-state index contributed by atoms with van der Waals surface area (Å²) in [5.74, 6) is 1.70. The van der Waals surface area contributed by atoms with E-state index in [1.807, 2.05) is 29.2 Å². The summed E-state index contributed by atoms with van der Waals surface area (Å²) in [5, 5.41) is 0. The Morgan fingerprint density at radius 2 is 1.77 bits per heavy atom. The van der Waals surface area contributed by atoms with Crippen LogP contribution in [0.2, 0.25) is 0 Å². The standard InChI is InChI=1S/C25H26N4O5S/c1-35(31,32)21-7-8-22-18(15-21)9-14-29(22)23-16-24(27-17-26-23)33-20-10-12-28(13-11-20)25(30)34-19-5-3-2-4-6-19/h2-8,15-17,20H,9-14H2,1H3. The molecular formula is C25H26N4O5S. The summed E-state index contributed by atoms with van der Waals surface area (Å²) >= 11 is 0. The van der Waals surface area contributed by atoms with Crippen molar-refractivity contribution in [3.05, 3.63) is 66.5 Å². The van der Waals surface area contributed by atoms with Gasteiger partial charge in [-0.2, -0.15) is 0 Å². The molecule has 35 heavy (non-hydrogen) atoms. The van der Waals surface area contributed by atoms with Crippen LogP contribution in [-0.4, -0.2) is 61.4 Å². The zero-order valence-corrected chi connectivity index (χ0v) is 20.1. The summed E-state index contributed by atoms with van der Waals surface area (Å²) in [7, 11) is -3.25. The fourth-order valence-electron chi connectivity index (χ4n) is 4.37. The average Bonchev–Trinajstić information content (AvgIpc) is 3.28. The number of sulfone groups is 1. The number of amides is 1. The van der Waals surface area contributed by atoms with Gasteiger partial charge in [-0.25, -0.2) is 23.2 Å². The molecule has 3 heterocycles. The van der Waals surface area contributed by atoms with E-state index in [1.54, 1.807) is 35.2 Å².